The Morgan fingerprint density at radius 1 is 1.42 bits per heavy atom. The molecule has 68 valence electrons. The average Bonchev–Trinajstić information content (AvgIpc) is 2.09. The molecule has 0 amide bonds. The summed E-state index contributed by atoms with van der Waals surface area (Å²) in [6.07, 6.45) is 6.46. The summed E-state index contributed by atoms with van der Waals surface area (Å²) >= 11 is 0. The van der Waals surface area contributed by atoms with Gasteiger partial charge in [-0.15, -0.1) is 0 Å². The van der Waals surface area contributed by atoms with E-state index in [0.717, 1.165) is 18.6 Å². The van der Waals surface area contributed by atoms with Gasteiger partial charge in [0.15, 0.2) is 0 Å². The third-order valence-electron chi connectivity index (χ3n) is 1.92. The van der Waals surface area contributed by atoms with Gasteiger partial charge in [0.05, 0.1) is 6.61 Å². The van der Waals surface area contributed by atoms with E-state index in [1.165, 1.54) is 5.57 Å². The third kappa shape index (κ3) is 2.70. The molecule has 0 radical (unpaired) electrons. The van der Waals surface area contributed by atoms with Crippen molar-refractivity contribution < 1.29 is 9.47 Å². The molecule has 0 aromatic rings. The van der Waals surface area contributed by atoms with Gasteiger partial charge in [-0.25, -0.2) is 0 Å². The van der Waals surface area contributed by atoms with Gasteiger partial charge < -0.3 is 9.47 Å². The summed E-state index contributed by atoms with van der Waals surface area (Å²) < 4.78 is 10.4. The second kappa shape index (κ2) is 4.99. The van der Waals surface area contributed by atoms with Crippen molar-refractivity contribution in [1.29, 1.82) is 0 Å². The first-order valence-corrected chi connectivity index (χ1v) is 4.32. The predicted molar refractivity (Wildman–Crippen MR) is 48.9 cm³/mol. The Hall–Kier alpha value is -0.760. The molecule has 0 atom stereocenters. The molecular formula is C10H16O2. The lowest BCUT2D eigenvalue weighted by Gasteiger charge is -2.13. The summed E-state index contributed by atoms with van der Waals surface area (Å²) in [5, 5.41) is 0. The monoisotopic (exact) mass is 168 g/mol. The molecule has 2 nitrogen and oxygen atoms in total. The van der Waals surface area contributed by atoms with E-state index in [4.69, 9.17) is 9.47 Å². The molecular weight excluding hydrogens is 152 g/mol. The standard InChI is InChI=1S/C10H16O2/c1-9-5-3-4-6-10(9)12-8-7-11-2/h4,6H,3,5,7-8H2,1-2H3. The highest BCUT2D eigenvalue weighted by Crippen LogP contribution is 2.18. The number of ether oxygens (including phenoxy) is 2. The van der Waals surface area contributed by atoms with Crippen molar-refractivity contribution in [3.05, 3.63) is 23.5 Å². The topological polar surface area (TPSA) is 18.5 Å². The summed E-state index contributed by atoms with van der Waals surface area (Å²) in [4.78, 5) is 0. The Bertz CT molecular complexity index is 192. The van der Waals surface area contributed by atoms with Crippen molar-refractivity contribution in [3.8, 4) is 0 Å². The molecule has 0 aromatic carbocycles. The van der Waals surface area contributed by atoms with E-state index in [2.05, 4.69) is 19.1 Å². The molecule has 1 rings (SSSR count). The van der Waals surface area contributed by atoms with Gasteiger partial charge in [0.25, 0.3) is 0 Å². The van der Waals surface area contributed by atoms with Crippen molar-refractivity contribution in [2.24, 2.45) is 0 Å². The van der Waals surface area contributed by atoms with Crippen LogP contribution in [0.15, 0.2) is 23.5 Å². The van der Waals surface area contributed by atoms with Crippen LogP contribution in [0.3, 0.4) is 0 Å². The Balaban J connectivity index is 2.34. The Morgan fingerprint density at radius 3 is 2.92 bits per heavy atom. The van der Waals surface area contributed by atoms with Crippen LogP contribution in [0.4, 0.5) is 0 Å². The Labute approximate surface area is 73.9 Å². The number of allylic oxidation sites excluding steroid dienone is 3. The van der Waals surface area contributed by atoms with E-state index in [1.807, 2.05) is 0 Å². The van der Waals surface area contributed by atoms with Gasteiger partial charge in [0.2, 0.25) is 0 Å². The average molecular weight is 168 g/mol. The fourth-order valence-electron chi connectivity index (χ4n) is 1.16. The Kier molecular flexibility index (Phi) is 3.88. The van der Waals surface area contributed by atoms with Crippen LogP contribution in [0.1, 0.15) is 19.8 Å². The van der Waals surface area contributed by atoms with Crippen molar-refractivity contribution in [3.63, 3.8) is 0 Å². The van der Waals surface area contributed by atoms with Gasteiger partial charge in [-0.3, -0.25) is 0 Å². The van der Waals surface area contributed by atoms with E-state index >= 15 is 0 Å². The van der Waals surface area contributed by atoms with Crippen LogP contribution in [-0.2, 0) is 9.47 Å². The summed E-state index contributed by atoms with van der Waals surface area (Å²) in [7, 11) is 1.68. The van der Waals surface area contributed by atoms with Crippen LogP contribution in [0.2, 0.25) is 0 Å². The van der Waals surface area contributed by atoms with Crippen molar-refractivity contribution in [2.45, 2.75) is 19.8 Å². The van der Waals surface area contributed by atoms with Crippen molar-refractivity contribution in [1.82, 2.24) is 0 Å². The van der Waals surface area contributed by atoms with Gasteiger partial charge in [-0.1, -0.05) is 6.08 Å². The molecule has 0 bridgehead atoms. The SMILES string of the molecule is COCCOC1=C(C)CCC=C1. The maximum absolute atomic E-state index is 5.50. The molecule has 0 aromatic heterocycles. The predicted octanol–water partition coefficient (Wildman–Crippen LogP) is 2.27. The van der Waals surface area contributed by atoms with Gasteiger partial charge in [0.1, 0.15) is 12.4 Å². The van der Waals surface area contributed by atoms with E-state index in [0.29, 0.717) is 13.2 Å². The van der Waals surface area contributed by atoms with Crippen LogP contribution in [-0.4, -0.2) is 20.3 Å². The number of methoxy groups -OCH3 is 1. The molecule has 0 saturated heterocycles. The summed E-state index contributed by atoms with van der Waals surface area (Å²) in [6.45, 7) is 3.42. The fourth-order valence-corrected chi connectivity index (χ4v) is 1.16. The van der Waals surface area contributed by atoms with Gasteiger partial charge in [0, 0.05) is 7.11 Å². The molecule has 0 spiro atoms. The molecule has 0 N–H and O–H groups in total. The van der Waals surface area contributed by atoms with Crippen LogP contribution in [0.25, 0.3) is 0 Å². The second-order valence-corrected chi connectivity index (χ2v) is 2.93. The molecule has 2 heteroatoms. The normalized spacial score (nSPS) is 16.8. The number of rotatable bonds is 4. The molecule has 0 fully saturated rings. The highest BCUT2D eigenvalue weighted by Gasteiger charge is 2.03. The van der Waals surface area contributed by atoms with Crippen LogP contribution in [0, 0.1) is 0 Å². The van der Waals surface area contributed by atoms with Crippen LogP contribution >= 0.6 is 0 Å². The maximum Gasteiger partial charge on any atom is 0.118 e. The van der Waals surface area contributed by atoms with Crippen molar-refractivity contribution in [2.75, 3.05) is 20.3 Å². The zero-order chi connectivity index (χ0) is 8.81. The largest absolute Gasteiger partial charge is 0.491 e. The molecule has 0 aliphatic heterocycles. The summed E-state index contributed by atoms with van der Waals surface area (Å²) in [5.74, 6) is 1.03. The first kappa shape index (κ1) is 9.33. The van der Waals surface area contributed by atoms with Crippen molar-refractivity contribution >= 4 is 0 Å². The van der Waals surface area contributed by atoms with Crippen LogP contribution < -0.4 is 0 Å². The zero-order valence-corrected chi connectivity index (χ0v) is 7.80. The molecule has 0 heterocycles. The first-order chi connectivity index (χ1) is 5.84. The smallest absolute Gasteiger partial charge is 0.118 e. The lowest BCUT2D eigenvalue weighted by atomic mass is 10.1. The highest BCUT2D eigenvalue weighted by atomic mass is 16.5. The summed E-state index contributed by atoms with van der Waals surface area (Å²) in [6, 6.07) is 0. The first-order valence-electron chi connectivity index (χ1n) is 4.32. The molecule has 1 aliphatic rings. The number of hydrogen-bond donors (Lipinski definition) is 0. The highest BCUT2D eigenvalue weighted by molar-refractivity contribution is 5.22. The second-order valence-electron chi connectivity index (χ2n) is 2.93. The van der Waals surface area contributed by atoms with E-state index in [-0.39, 0.29) is 0 Å². The lowest BCUT2D eigenvalue weighted by molar-refractivity contribution is 0.112. The lowest BCUT2D eigenvalue weighted by Crippen LogP contribution is -2.03. The zero-order valence-electron chi connectivity index (χ0n) is 7.80. The molecule has 12 heavy (non-hydrogen) atoms. The van der Waals surface area contributed by atoms with Gasteiger partial charge in [-0.05, 0) is 31.4 Å². The third-order valence-corrected chi connectivity index (χ3v) is 1.92. The minimum Gasteiger partial charge on any atom is -0.491 e. The molecule has 0 unspecified atom stereocenters. The molecule has 1 aliphatic carbocycles. The van der Waals surface area contributed by atoms with Gasteiger partial charge >= 0.3 is 0 Å². The van der Waals surface area contributed by atoms with E-state index < -0.39 is 0 Å². The quantitative estimate of drug-likeness (QED) is 0.599. The fraction of sp³-hybridized carbons (Fsp3) is 0.600. The summed E-state index contributed by atoms with van der Waals surface area (Å²) in [5.41, 5.74) is 1.34. The number of hydrogen-bond acceptors (Lipinski definition) is 2. The molecule has 0 saturated carbocycles. The maximum atomic E-state index is 5.50. The Morgan fingerprint density at radius 2 is 2.25 bits per heavy atom. The van der Waals surface area contributed by atoms with Crippen LogP contribution in [0.5, 0.6) is 0 Å². The minimum absolute atomic E-state index is 0.646. The van der Waals surface area contributed by atoms with E-state index in [9.17, 15) is 0 Å². The van der Waals surface area contributed by atoms with Gasteiger partial charge in [-0.2, -0.15) is 0 Å². The van der Waals surface area contributed by atoms with E-state index in [1.54, 1.807) is 7.11 Å². The minimum atomic E-state index is 0.646.